The summed E-state index contributed by atoms with van der Waals surface area (Å²) in [6.07, 6.45) is 1.87. The minimum Gasteiger partial charge on any atom is -0.506 e. The molecule has 30 heavy (non-hydrogen) atoms. The summed E-state index contributed by atoms with van der Waals surface area (Å²) in [7, 11) is 0. The number of benzene rings is 3. The second kappa shape index (κ2) is 6.69. The minimum atomic E-state index is -0.354. The average molecular weight is 438 g/mol. The van der Waals surface area contributed by atoms with Gasteiger partial charge in [0.1, 0.15) is 11.5 Å². The molecule has 0 amide bonds. The van der Waals surface area contributed by atoms with Crippen LogP contribution in [-0.2, 0) is 0 Å². The van der Waals surface area contributed by atoms with Gasteiger partial charge in [-0.15, -0.1) is 0 Å². The van der Waals surface area contributed by atoms with Crippen molar-refractivity contribution >= 4 is 34.5 Å². The number of fused-ring (bicyclic) bond motifs is 5. The second-order valence-electron chi connectivity index (χ2n) is 8.45. The van der Waals surface area contributed by atoms with Crippen molar-refractivity contribution in [1.82, 2.24) is 0 Å². The van der Waals surface area contributed by atoms with E-state index < -0.39 is 0 Å². The van der Waals surface area contributed by atoms with Gasteiger partial charge in [-0.1, -0.05) is 47.5 Å². The zero-order chi connectivity index (χ0) is 21.2. The number of ether oxygens (including phenoxy) is 1. The molecule has 5 rings (SSSR count). The SMILES string of the molecule is CC1=CC(C)(C)Nc2ccc3c(c21)C(c1cccc(Cl)c1)Oc1ccc(O)c(Cl)c1-3. The summed E-state index contributed by atoms with van der Waals surface area (Å²) in [5, 5.41) is 14.8. The van der Waals surface area contributed by atoms with Crippen molar-refractivity contribution in [3.63, 3.8) is 0 Å². The van der Waals surface area contributed by atoms with Crippen molar-refractivity contribution in [2.24, 2.45) is 0 Å². The van der Waals surface area contributed by atoms with E-state index >= 15 is 0 Å². The number of phenolic OH excluding ortho intramolecular Hbond substituents is 1. The van der Waals surface area contributed by atoms with Gasteiger partial charge >= 0.3 is 0 Å². The summed E-state index contributed by atoms with van der Waals surface area (Å²) >= 11 is 12.9. The highest BCUT2D eigenvalue weighted by Gasteiger charge is 2.35. The van der Waals surface area contributed by atoms with Crippen LogP contribution in [0.1, 0.15) is 43.6 Å². The smallest absolute Gasteiger partial charge is 0.150 e. The van der Waals surface area contributed by atoms with Crippen LogP contribution in [0.5, 0.6) is 11.5 Å². The lowest BCUT2D eigenvalue weighted by atomic mass is 9.80. The zero-order valence-electron chi connectivity index (χ0n) is 16.9. The summed E-state index contributed by atoms with van der Waals surface area (Å²) < 4.78 is 6.49. The summed E-state index contributed by atoms with van der Waals surface area (Å²) in [6, 6.07) is 15.2. The van der Waals surface area contributed by atoms with Gasteiger partial charge in [0.05, 0.1) is 10.6 Å². The Morgan fingerprint density at radius 3 is 2.60 bits per heavy atom. The highest BCUT2D eigenvalue weighted by atomic mass is 35.5. The molecule has 3 aromatic carbocycles. The number of hydrogen-bond donors (Lipinski definition) is 2. The van der Waals surface area contributed by atoms with Crippen LogP contribution in [-0.4, -0.2) is 10.6 Å². The minimum absolute atomic E-state index is 0.0374. The molecule has 3 nitrogen and oxygen atoms in total. The van der Waals surface area contributed by atoms with Gasteiger partial charge in [0.15, 0.2) is 6.10 Å². The van der Waals surface area contributed by atoms with Gasteiger partial charge in [0.2, 0.25) is 0 Å². The molecule has 0 bridgehead atoms. The molecule has 0 saturated carbocycles. The molecule has 1 unspecified atom stereocenters. The maximum atomic E-state index is 10.3. The van der Waals surface area contributed by atoms with Crippen LogP contribution >= 0.6 is 23.2 Å². The van der Waals surface area contributed by atoms with E-state index in [9.17, 15) is 5.11 Å². The lowest BCUT2D eigenvalue weighted by Crippen LogP contribution is -2.32. The Balaban J connectivity index is 1.85. The number of aromatic hydroxyl groups is 1. The van der Waals surface area contributed by atoms with Crippen molar-refractivity contribution < 1.29 is 9.84 Å². The monoisotopic (exact) mass is 437 g/mol. The first-order valence-electron chi connectivity index (χ1n) is 9.84. The fourth-order valence-electron chi connectivity index (χ4n) is 4.62. The molecule has 2 aliphatic heterocycles. The van der Waals surface area contributed by atoms with E-state index in [4.69, 9.17) is 27.9 Å². The first-order valence-corrected chi connectivity index (χ1v) is 10.6. The van der Waals surface area contributed by atoms with E-state index in [1.807, 2.05) is 24.3 Å². The summed E-state index contributed by atoms with van der Waals surface area (Å²) in [5.41, 5.74) is 6.81. The Kier molecular flexibility index (Phi) is 4.32. The number of hydrogen-bond acceptors (Lipinski definition) is 3. The molecule has 152 valence electrons. The Hall–Kier alpha value is -2.62. The van der Waals surface area contributed by atoms with Gasteiger partial charge in [-0.3, -0.25) is 0 Å². The molecular weight excluding hydrogens is 417 g/mol. The van der Waals surface area contributed by atoms with E-state index in [0.29, 0.717) is 21.4 Å². The van der Waals surface area contributed by atoms with E-state index in [-0.39, 0.29) is 17.4 Å². The Bertz CT molecular complexity index is 1230. The van der Waals surface area contributed by atoms with Crippen molar-refractivity contribution in [2.45, 2.75) is 32.4 Å². The van der Waals surface area contributed by atoms with Gasteiger partial charge in [0, 0.05) is 27.4 Å². The van der Waals surface area contributed by atoms with Crippen LogP contribution in [0, 0.1) is 0 Å². The predicted octanol–water partition coefficient (Wildman–Crippen LogP) is 7.46. The summed E-state index contributed by atoms with van der Waals surface area (Å²) in [6.45, 7) is 6.42. The fourth-order valence-corrected chi connectivity index (χ4v) is 5.08. The van der Waals surface area contributed by atoms with Crippen LogP contribution in [0.25, 0.3) is 16.7 Å². The maximum absolute atomic E-state index is 10.3. The highest BCUT2D eigenvalue weighted by Crippen LogP contribution is 2.54. The van der Waals surface area contributed by atoms with Crippen LogP contribution in [0.3, 0.4) is 0 Å². The Labute approximate surface area is 185 Å². The van der Waals surface area contributed by atoms with Crippen molar-refractivity contribution in [2.75, 3.05) is 5.32 Å². The molecular formula is C25H21Cl2NO2. The first-order chi connectivity index (χ1) is 14.2. The van der Waals surface area contributed by atoms with Crippen LogP contribution in [0.15, 0.2) is 54.6 Å². The summed E-state index contributed by atoms with van der Waals surface area (Å²) in [5.74, 6) is 0.677. The van der Waals surface area contributed by atoms with E-state index in [2.05, 4.69) is 44.3 Å². The number of phenols is 1. The average Bonchev–Trinajstić information content (AvgIpc) is 2.68. The molecule has 1 atom stereocenters. The van der Waals surface area contributed by atoms with Gasteiger partial charge in [-0.2, -0.15) is 0 Å². The van der Waals surface area contributed by atoms with Crippen molar-refractivity contribution in [1.29, 1.82) is 0 Å². The van der Waals surface area contributed by atoms with Gasteiger partial charge in [-0.25, -0.2) is 0 Å². The number of rotatable bonds is 1. The molecule has 0 aromatic heterocycles. The Morgan fingerprint density at radius 1 is 1.03 bits per heavy atom. The number of allylic oxidation sites excluding steroid dienone is 1. The standard InChI is InChI=1S/C25H21Cl2NO2/c1-13-12-25(2,3)28-17-8-7-16-21-19(10-9-18(29)23(21)27)30-24(22(16)20(13)17)14-5-4-6-15(26)11-14/h4-12,24,28-29H,1-3H3. The molecule has 3 aromatic rings. The summed E-state index contributed by atoms with van der Waals surface area (Å²) in [4.78, 5) is 0. The van der Waals surface area contributed by atoms with Crippen LogP contribution in [0.4, 0.5) is 5.69 Å². The molecule has 5 heteroatoms. The molecule has 0 radical (unpaired) electrons. The highest BCUT2D eigenvalue weighted by molar-refractivity contribution is 6.35. The third-order valence-corrected chi connectivity index (χ3v) is 6.30. The quantitative estimate of drug-likeness (QED) is 0.415. The number of nitrogens with one attached hydrogen (secondary N) is 1. The van der Waals surface area contributed by atoms with E-state index in [0.717, 1.165) is 27.9 Å². The maximum Gasteiger partial charge on any atom is 0.150 e. The second-order valence-corrected chi connectivity index (χ2v) is 9.26. The topological polar surface area (TPSA) is 41.5 Å². The molecule has 2 aliphatic rings. The van der Waals surface area contributed by atoms with Crippen molar-refractivity contribution in [3.05, 3.63) is 81.3 Å². The number of anilines is 1. The molecule has 2 N–H and O–H groups in total. The van der Waals surface area contributed by atoms with Gasteiger partial charge in [-0.05, 0) is 67.8 Å². The molecule has 2 heterocycles. The van der Waals surface area contributed by atoms with Gasteiger partial charge < -0.3 is 15.2 Å². The van der Waals surface area contributed by atoms with Gasteiger partial charge in [0.25, 0.3) is 0 Å². The van der Waals surface area contributed by atoms with Crippen LogP contribution in [0.2, 0.25) is 10.0 Å². The van der Waals surface area contributed by atoms with Crippen LogP contribution < -0.4 is 10.1 Å². The molecule has 0 spiro atoms. The third-order valence-electron chi connectivity index (χ3n) is 5.69. The molecule has 0 fully saturated rings. The van der Waals surface area contributed by atoms with E-state index in [1.165, 1.54) is 5.57 Å². The first kappa shape index (κ1) is 19.3. The molecule has 0 saturated heterocycles. The lowest BCUT2D eigenvalue weighted by molar-refractivity contribution is 0.243. The lowest BCUT2D eigenvalue weighted by Gasteiger charge is -2.37. The predicted molar refractivity (Wildman–Crippen MR) is 124 cm³/mol. The molecule has 0 aliphatic carbocycles. The third kappa shape index (κ3) is 2.96. The zero-order valence-corrected chi connectivity index (χ0v) is 18.4. The fraction of sp³-hybridized carbons (Fsp3) is 0.200. The Morgan fingerprint density at radius 2 is 1.83 bits per heavy atom. The van der Waals surface area contributed by atoms with Crippen molar-refractivity contribution in [3.8, 4) is 22.6 Å². The number of halogens is 2. The largest absolute Gasteiger partial charge is 0.506 e. The van der Waals surface area contributed by atoms with E-state index in [1.54, 1.807) is 12.1 Å². The normalized spacial score (nSPS) is 18.3.